The number of aromatic nitrogens is 1. The molecule has 1 heterocycles. The number of halogens is 2. The van der Waals surface area contributed by atoms with E-state index in [1.165, 1.54) is 5.56 Å². The molecule has 108 valence electrons. The van der Waals surface area contributed by atoms with Crippen LogP contribution in [0.1, 0.15) is 17.5 Å². The maximum atomic E-state index is 8.87. The summed E-state index contributed by atoms with van der Waals surface area (Å²) >= 11 is 7.10. The van der Waals surface area contributed by atoms with Gasteiger partial charge in [0.2, 0.25) is 0 Å². The molecule has 0 atom stereocenters. The van der Waals surface area contributed by atoms with E-state index < -0.39 is 0 Å². The van der Waals surface area contributed by atoms with E-state index in [1.54, 1.807) is 6.20 Å². The van der Waals surface area contributed by atoms with Crippen molar-refractivity contribution in [2.75, 3.05) is 11.4 Å². The van der Waals surface area contributed by atoms with Crippen molar-refractivity contribution in [1.82, 2.24) is 4.98 Å². The number of pyridine rings is 1. The summed E-state index contributed by atoms with van der Waals surface area (Å²) in [4.78, 5) is 6.35. The Balaban J connectivity index is 2.25. The van der Waals surface area contributed by atoms with E-state index in [-0.39, 0.29) is 0 Å². The molecule has 0 radical (unpaired) electrons. The number of anilines is 1. The van der Waals surface area contributed by atoms with Gasteiger partial charge >= 0.3 is 0 Å². The minimum atomic E-state index is 0.493. The summed E-state index contributed by atoms with van der Waals surface area (Å²) < 4.78 is 1.04. The van der Waals surface area contributed by atoms with Gasteiger partial charge in [-0.2, -0.15) is 5.26 Å². The molecular formula is C16H15Br2N3. The van der Waals surface area contributed by atoms with Crippen LogP contribution < -0.4 is 4.90 Å². The molecule has 0 saturated heterocycles. The van der Waals surface area contributed by atoms with Crippen LogP contribution in [0, 0.1) is 11.3 Å². The summed E-state index contributed by atoms with van der Waals surface area (Å²) in [5.74, 6) is 0. The first-order valence-corrected chi connectivity index (χ1v) is 8.51. The van der Waals surface area contributed by atoms with Gasteiger partial charge in [-0.25, -0.2) is 0 Å². The van der Waals surface area contributed by atoms with Gasteiger partial charge in [0.1, 0.15) is 0 Å². The quantitative estimate of drug-likeness (QED) is 0.652. The van der Waals surface area contributed by atoms with E-state index in [0.29, 0.717) is 13.0 Å². The fraction of sp³-hybridized carbons (Fsp3) is 0.250. The topological polar surface area (TPSA) is 39.9 Å². The largest absolute Gasteiger partial charge is 0.365 e. The number of benzene rings is 1. The molecule has 21 heavy (non-hydrogen) atoms. The summed E-state index contributed by atoms with van der Waals surface area (Å²) in [6.07, 6.45) is 4.12. The van der Waals surface area contributed by atoms with E-state index in [2.05, 4.69) is 66.0 Å². The number of hydrogen-bond donors (Lipinski definition) is 0. The third-order valence-corrected chi connectivity index (χ3v) is 4.38. The average Bonchev–Trinajstić information content (AvgIpc) is 2.52. The Morgan fingerprint density at radius 1 is 1.24 bits per heavy atom. The van der Waals surface area contributed by atoms with Crippen molar-refractivity contribution in [3.63, 3.8) is 0 Å². The SMILES string of the molecule is N#CCCN(Cc1cccnc1)c1ccc(CBr)cc1Br. The summed E-state index contributed by atoms with van der Waals surface area (Å²) in [7, 11) is 0. The minimum absolute atomic E-state index is 0.493. The van der Waals surface area contributed by atoms with Gasteiger partial charge in [0.15, 0.2) is 0 Å². The van der Waals surface area contributed by atoms with Crippen molar-refractivity contribution in [3.05, 3.63) is 58.3 Å². The lowest BCUT2D eigenvalue weighted by Gasteiger charge is -2.25. The lowest BCUT2D eigenvalue weighted by molar-refractivity contribution is 0.793. The van der Waals surface area contributed by atoms with E-state index >= 15 is 0 Å². The Bertz CT molecular complexity index is 623. The molecule has 0 bridgehead atoms. The number of hydrogen-bond acceptors (Lipinski definition) is 3. The highest BCUT2D eigenvalue weighted by molar-refractivity contribution is 9.10. The molecular weight excluding hydrogens is 394 g/mol. The molecule has 5 heteroatoms. The summed E-state index contributed by atoms with van der Waals surface area (Å²) in [6.45, 7) is 1.43. The molecule has 0 aliphatic heterocycles. The Kier molecular flexibility index (Phi) is 6.21. The van der Waals surface area contributed by atoms with Crippen LogP contribution in [0.15, 0.2) is 47.2 Å². The molecule has 3 nitrogen and oxygen atoms in total. The Morgan fingerprint density at radius 3 is 2.71 bits per heavy atom. The standard InChI is InChI=1S/C16H15Br2N3/c17-10-13-4-5-16(15(18)9-13)21(8-2-6-19)12-14-3-1-7-20-11-14/h1,3-5,7,9,11H,2,8,10,12H2. The molecule has 2 rings (SSSR count). The van der Waals surface area contributed by atoms with Crippen molar-refractivity contribution in [2.24, 2.45) is 0 Å². The van der Waals surface area contributed by atoms with E-state index in [0.717, 1.165) is 27.6 Å². The molecule has 0 amide bonds. The van der Waals surface area contributed by atoms with Gasteiger partial charge in [-0.05, 0) is 45.3 Å². The number of nitriles is 1. The fourth-order valence-corrected chi connectivity index (χ4v) is 3.10. The van der Waals surface area contributed by atoms with E-state index in [9.17, 15) is 0 Å². The molecule has 0 N–H and O–H groups in total. The average molecular weight is 409 g/mol. The van der Waals surface area contributed by atoms with E-state index in [4.69, 9.17) is 5.26 Å². The van der Waals surface area contributed by atoms with Gasteiger partial charge in [0.25, 0.3) is 0 Å². The molecule has 0 saturated carbocycles. The predicted molar refractivity (Wildman–Crippen MR) is 92.3 cm³/mol. The van der Waals surface area contributed by atoms with Crippen LogP contribution in [0.2, 0.25) is 0 Å². The van der Waals surface area contributed by atoms with Crippen LogP contribution in [0.5, 0.6) is 0 Å². The molecule has 0 aliphatic rings. The first-order valence-electron chi connectivity index (χ1n) is 6.60. The minimum Gasteiger partial charge on any atom is -0.365 e. The van der Waals surface area contributed by atoms with Crippen molar-refractivity contribution in [1.29, 1.82) is 5.26 Å². The Hall–Kier alpha value is -1.38. The lowest BCUT2D eigenvalue weighted by atomic mass is 10.2. The second-order valence-corrected chi connectivity index (χ2v) is 6.03. The van der Waals surface area contributed by atoms with Crippen LogP contribution in [-0.2, 0) is 11.9 Å². The van der Waals surface area contributed by atoms with Crippen molar-refractivity contribution in [2.45, 2.75) is 18.3 Å². The molecule has 0 fully saturated rings. The van der Waals surface area contributed by atoms with Crippen LogP contribution >= 0.6 is 31.9 Å². The van der Waals surface area contributed by atoms with E-state index in [1.807, 2.05) is 18.3 Å². The van der Waals surface area contributed by atoms with Crippen molar-refractivity contribution >= 4 is 37.5 Å². The second kappa shape index (κ2) is 8.16. The van der Waals surface area contributed by atoms with Gasteiger partial charge in [-0.15, -0.1) is 0 Å². The third-order valence-electron chi connectivity index (χ3n) is 3.10. The zero-order chi connectivity index (χ0) is 15.1. The first kappa shape index (κ1) is 16.0. The molecule has 1 aromatic carbocycles. The highest BCUT2D eigenvalue weighted by atomic mass is 79.9. The molecule has 0 unspecified atom stereocenters. The van der Waals surface area contributed by atoms with Gasteiger partial charge in [-0.3, -0.25) is 4.98 Å². The zero-order valence-corrected chi connectivity index (χ0v) is 14.6. The lowest BCUT2D eigenvalue weighted by Crippen LogP contribution is -2.24. The molecule has 1 aromatic heterocycles. The monoisotopic (exact) mass is 407 g/mol. The number of rotatable bonds is 6. The normalized spacial score (nSPS) is 10.1. The van der Waals surface area contributed by atoms with Crippen LogP contribution in [0.25, 0.3) is 0 Å². The fourth-order valence-electron chi connectivity index (χ4n) is 2.07. The van der Waals surface area contributed by atoms with Crippen molar-refractivity contribution in [3.8, 4) is 6.07 Å². The van der Waals surface area contributed by atoms with Gasteiger partial charge in [-0.1, -0.05) is 28.1 Å². The van der Waals surface area contributed by atoms with Gasteiger partial charge in [0.05, 0.1) is 18.2 Å². The highest BCUT2D eigenvalue weighted by Crippen LogP contribution is 2.29. The smallest absolute Gasteiger partial charge is 0.0640 e. The maximum Gasteiger partial charge on any atom is 0.0640 e. The summed E-state index contributed by atoms with van der Waals surface area (Å²) in [5, 5.41) is 9.70. The molecule has 2 aromatic rings. The highest BCUT2D eigenvalue weighted by Gasteiger charge is 2.11. The van der Waals surface area contributed by atoms with Crippen molar-refractivity contribution < 1.29 is 0 Å². The second-order valence-electron chi connectivity index (χ2n) is 4.61. The molecule has 0 aliphatic carbocycles. The van der Waals surface area contributed by atoms with Crippen LogP contribution in [0.3, 0.4) is 0 Å². The number of nitrogens with zero attached hydrogens (tertiary/aromatic N) is 3. The molecule has 0 spiro atoms. The maximum absolute atomic E-state index is 8.87. The van der Waals surface area contributed by atoms with Gasteiger partial charge in [0, 0.05) is 35.3 Å². The van der Waals surface area contributed by atoms with Gasteiger partial charge < -0.3 is 4.90 Å². The van der Waals surface area contributed by atoms with Crippen LogP contribution in [0.4, 0.5) is 5.69 Å². The third kappa shape index (κ3) is 4.55. The number of alkyl halides is 1. The predicted octanol–water partition coefficient (Wildman–Crippen LogP) is 4.66. The zero-order valence-electron chi connectivity index (χ0n) is 11.5. The van der Waals surface area contributed by atoms with Crippen LogP contribution in [-0.4, -0.2) is 11.5 Å². The summed E-state index contributed by atoms with van der Waals surface area (Å²) in [5.41, 5.74) is 3.44. The summed E-state index contributed by atoms with van der Waals surface area (Å²) in [6, 6.07) is 12.5. The Morgan fingerprint density at radius 2 is 2.10 bits per heavy atom. The Labute approximate surface area is 141 Å². The first-order chi connectivity index (χ1) is 10.2.